The maximum Gasteiger partial charge on any atom is 2.00 e. The maximum absolute atomic E-state index is 11.2. The van der Waals surface area contributed by atoms with Gasteiger partial charge in [0.15, 0.2) is 19.7 Å². The average Bonchev–Trinajstić information content (AvgIpc) is 2.51. The summed E-state index contributed by atoms with van der Waals surface area (Å²) in [6.45, 7) is 0. The first kappa shape index (κ1) is 30.0. The fourth-order valence-electron chi connectivity index (χ4n) is 1.98. The van der Waals surface area contributed by atoms with Gasteiger partial charge < -0.3 is 20.6 Å². The molecule has 0 aliphatic heterocycles. The monoisotopic (exact) mass is 540 g/mol. The fourth-order valence-corrected chi connectivity index (χ4v) is 4.80. The summed E-state index contributed by atoms with van der Waals surface area (Å²) in [5.74, 6) is 0. The smallest absolute Gasteiger partial charge is 0.744 e. The van der Waals surface area contributed by atoms with E-state index in [1.807, 2.05) is 0 Å². The number of rotatable bonds is 4. The molecule has 17 heteroatoms. The predicted octanol–water partition coefficient (Wildman–Crippen LogP) is -1.23. The quantitative estimate of drug-likeness (QED) is 0.263. The van der Waals surface area contributed by atoms with Gasteiger partial charge in [0.25, 0.3) is 0 Å². The summed E-state index contributed by atoms with van der Waals surface area (Å²) in [6.07, 6.45) is 1.75. The molecule has 31 heavy (non-hydrogen) atoms. The molecular weight excluding hydrogens is 525 g/mol. The van der Waals surface area contributed by atoms with E-state index in [2.05, 4.69) is 0 Å². The van der Waals surface area contributed by atoms with Gasteiger partial charge in [0.2, 0.25) is 0 Å². The largest absolute Gasteiger partial charge is 2.00 e. The van der Waals surface area contributed by atoms with Crippen LogP contribution in [-0.2, 0) is 39.9 Å². The normalized spacial score (nSPS) is 12.3. The van der Waals surface area contributed by atoms with Crippen LogP contribution in [-0.4, -0.2) is 93.0 Å². The van der Waals surface area contributed by atoms with E-state index >= 15 is 0 Å². The Kier molecular flexibility index (Phi) is 9.98. The van der Waals surface area contributed by atoms with Crippen LogP contribution in [0.4, 0.5) is 11.4 Å². The van der Waals surface area contributed by atoms with E-state index in [0.717, 1.165) is 48.9 Å². The second-order valence-corrected chi connectivity index (χ2v) is 12.6. The first-order chi connectivity index (χ1) is 13.2. The minimum absolute atomic E-state index is 0. The molecule has 0 saturated carbocycles. The van der Waals surface area contributed by atoms with Gasteiger partial charge in [0.1, 0.15) is 20.2 Å². The molecule has 0 saturated heterocycles. The molecule has 0 aliphatic rings. The van der Waals surface area contributed by atoms with Crippen molar-refractivity contribution in [3.8, 4) is 0 Å². The van der Waals surface area contributed by atoms with E-state index in [1.165, 1.54) is 0 Å². The van der Waals surface area contributed by atoms with Gasteiger partial charge in [-0.1, -0.05) is 0 Å². The van der Waals surface area contributed by atoms with Crippen LogP contribution in [0.25, 0.3) is 0 Å². The van der Waals surface area contributed by atoms with Crippen LogP contribution in [0.2, 0.25) is 0 Å². The van der Waals surface area contributed by atoms with Gasteiger partial charge in [-0.05, 0) is 36.4 Å². The van der Waals surface area contributed by atoms with E-state index in [4.69, 9.17) is 11.5 Å². The maximum atomic E-state index is 11.2. The van der Waals surface area contributed by atoms with Crippen molar-refractivity contribution in [2.45, 2.75) is 19.6 Å². The molecule has 0 fully saturated rings. The van der Waals surface area contributed by atoms with Crippen LogP contribution < -0.4 is 11.5 Å². The molecule has 0 aliphatic carbocycles. The van der Waals surface area contributed by atoms with Gasteiger partial charge in [-0.15, -0.1) is 0 Å². The zero-order chi connectivity index (χ0) is 23.7. The van der Waals surface area contributed by atoms with E-state index < -0.39 is 49.7 Å². The summed E-state index contributed by atoms with van der Waals surface area (Å²) in [6, 6.07) is 5.58. The SMILES string of the molecule is CS(=O)(=O)c1cc(S(=O)(=O)[O-])ccc1N.CS(=O)(=O)c1cc(S(=O)(=O)[O-])ccc1N.[Ca+2]. The number of anilines is 2. The van der Waals surface area contributed by atoms with Crippen molar-refractivity contribution < 1.29 is 42.8 Å². The molecule has 4 N–H and O–H groups in total. The Labute approximate surface area is 210 Å². The fraction of sp³-hybridized carbons (Fsp3) is 0.143. The van der Waals surface area contributed by atoms with Gasteiger partial charge in [0, 0.05) is 12.5 Å². The summed E-state index contributed by atoms with van der Waals surface area (Å²) in [5.41, 5.74) is 10.5. The second-order valence-electron chi connectivity index (χ2n) is 5.85. The number of sulfone groups is 2. The summed E-state index contributed by atoms with van der Waals surface area (Å²) in [7, 11) is -16.6. The summed E-state index contributed by atoms with van der Waals surface area (Å²) in [4.78, 5) is -1.95. The topological polar surface area (TPSA) is 235 Å². The predicted molar refractivity (Wildman–Crippen MR) is 110 cm³/mol. The summed E-state index contributed by atoms with van der Waals surface area (Å²) in [5, 5.41) is 0. The van der Waals surface area contributed by atoms with Crippen LogP contribution in [0.15, 0.2) is 56.0 Å². The van der Waals surface area contributed by atoms with Gasteiger partial charge in [-0.3, -0.25) is 0 Å². The first-order valence-corrected chi connectivity index (χ1v) is 14.0. The Hall–Kier alpha value is -0.980. The molecule has 2 rings (SSSR count). The van der Waals surface area contributed by atoms with Crippen LogP contribution >= 0.6 is 0 Å². The molecular formula is C14H16CaN2O10S4. The van der Waals surface area contributed by atoms with E-state index in [1.54, 1.807) is 0 Å². The Balaban J connectivity index is 0.000000562. The van der Waals surface area contributed by atoms with Crippen molar-refractivity contribution in [1.82, 2.24) is 0 Å². The molecule has 0 amide bonds. The van der Waals surface area contributed by atoms with E-state index in [0.29, 0.717) is 0 Å². The van der Waals surface area contributed by atoms with E-state index in [9.17, 15) is 42.8 Å². The zero-order valence-corrected chi connectivity index (χ0v) is 21.5. The third-order valence-electron chi connectivity index (χ3n) is 3.35. The molecule has 0 radical (unpaired) electrons. The average molecular weight is 541 g/mol. The van der Waals surface area contributed by atoms with Gasteiger partial charge in [0.05, 0.1) is 31.0 Å². The molecule has 0 unspecified atom stereocenters. The first-order valence-electron chi connectivity index (χ1n) is 7.35. The Morgan fingerprint density at radius 1 is 0.613 bits per heavy atom. The molecule has 0 bridgehead atoms. The number of nitrogen functional groups attached to an aromatic ring is 2. The number of hydrogen-bond donors (Lipinski definition) is 2. The van der Waals surface area contributed by atoms with E-state index in [-0.39, 0.29) is 58.9 Å². The standard InChI is InChI=1S/2C7H9NO5S2.Ca/c2*1-14(9,10)7-4-5(15(11,12)13)2-3-6(7)8;/h2*2-4H,8H2,1H3,(H,11,12,13);/q;;+2/p-2. The molecule has 2 aromatic carbocycles. The molecule has 0 aromatic heterocycles. The Morgan fingerprint density at radius 3 is 1.06 bits per heavy atom. The van der Waals surface area contributed by atoms with Crippen molar-refractivity contribution >= 4 is 89.0 Å². The number of nitrogens with two attached hydrogens (primary N) is 2. The molecule has 168 valence electrons. The van der Waals surface area contributed by atoms with Crippen molar-refractivity contribution in [2.24, 2.45) is 0 Å². The Morgan fingerprint density at radius 2 is 0.871 bits per heavy atom. The minimum Gasteiger partial charge on any atom is -0.744 e. The summed E-state index contributed by atoms with van der Waals surface area (Å²) < 4.78 is 108. The number of benzene rings is 2. The molecule has 12 nitrogen and oxygen atoms in total. The van der Waals surface area contributed by atoms with Crippen LogP contribution in [0.3, 0.4) is 0 Å². The molecule has 0 atom stereocenters. The van der Waals surface area contributed by atoms with Gasteiger partial charge in [-0.25, -0.2) is 33.7 Å². The van der Waals surface area contributed by atoms with Crippen LogP contribution in [0.1, 0.15) is 0 Å². The van der Waals surface area contributed by atoms with Crippen molar-refractivity contribution in [2.75, 3.05) is 24.0 Å². The van der Waals surface area contributed by atoms with Crippen molar-refractivity contribution in [3.05, 3.63) is 36.4 Å². The molecule has 0 heterocycles. The third kappa shape index (κ3) is 8.82. The van der Waals surface area contributed by atoms with Crippen LogP contribution in [0, 0.1) is 0 Å². The Bertz CT molecular complexity index is 1290. The van der Waals surface area contributed by atoms with Gasteiger partial charge >= 0.3 is 37.7 Å². The van der Waals surface area contributed by atoms with Crippen molar-refractivity contribution in [1.29, 1.82) is 0 Å². The van der Waals surface area contributed by atoms with Crippen molar-refractivity contribution in [3.63, 3.8) is 0 Å². The summed E-state index contributed by atoms with van der Waals surface area (Å²) >= 11 is 0. The zero-order valence-electron chi connectivity index (χ0n) is 16.0. The third-order valence-corrected chi connectivity index (χ3v) is 7.31. The second kappa shape index (κ2) is 10.3. The van der Waals surface area contributed by atoms with Gasteiger partial charge in [-0.2, -0.15) is 0 Å². The minimum atomic E-state index is -4.67. The molecule has 0 spiro atoms. The molecule has 2 aromatic rings. The van der Waals surface area contributed by atoms with Crippen LogP contribution in [0.5, 0.6) is 0 Å². The number of hydrogen-bond acceptors (Lipinski definition) is 12.